The lowest BCUT2D eigenvalue weighted by Crippen LogP contribution is -2.55. The van der Waals surface area contributed by atoms with Crippen LogP contribution in [0.4, 0.5) is 0 Å². The van der Waals surface area contributed by atoms with Gasteiger partial charge in [0.2, 0.25) is 0 Å². The summed E-state index contributed by atoms with van der Waals surface area (Å²) in [5, 5.41) is 2.10. The molecule has 0 unspecified atom stereocenters. The second-order valence-electron chi connectivity index (χ2n) is 6.93. The molecule has 2 aliphatic heterocycles. The van der Waals surface area contributed by atoms with Gasteiger partial charge in [0.25, 0.3) is 0 Å². The molecule has 0 aliphatic carbocycles. The Hall–Kier alpha value is -1.57. The first kappa shape index (κ1) is 18.8. The molecule has 1 aromatic carbocycles. The molecule has 0 spiro atoms. The number of rotatable bonds is 6. The SMILES string of the molecule is O=C(c1ccccc1)[C@@H]([C@H](c1cccs1)N1CCOCC1)N1CCOCC1. The number of ether oxygens (including phenoxy) is 2. The number of carbonyl (C=O) groups excluding carboxylic acids is 1. The van der Waals surface area contributed by atoms with Gasteiger partial charge in [0.1, 0.15) is 0 Å². The maximum atomic E-state index is 13.7. The van der Waals surface area contributed by atoms with Gasteiger partial charge >= 0.3 is 0 Å². The van der Waals surface area contributed by atoms with Crippen molar-refractivity contribution in [3.05, 3.63) is 58.3 Å². The van der Waals surface area contributed by atoms with Crippen LogP contribution in [0.25, 0.3) is 0 Å². The number of benzene rings is 1. The van der Waals surface area contributed by atoms with Crippen LogP contribution in [0.2, 0.25) is 0 Å². The largest absolute Gasteiger partial charge is 0.379 e. The third kappa shape index (κ3) is 4.31. The van der Waals surface area contributed by atoms with Gasteiger partial charge in [-0.05, 0) is 11.4 Å². The van der Waals surface area contributed by atoms with Gasteiger partial charge in [0.05, 0.1) is 38.5 Å². The number of hydrogen-bond donors (Lipinski definition) is 0. The van der Waals surface area contributed by atoms with Gasteiger partial charge in [-0.2, -0.15) is 0 Å². The molecule has 0 radical (unpaired) electrons. The van der Waals surface area contributed by atoms with Crippen LogP contribution < -0.4 is 0 Å². The van der Waals surface area contributed by atoms with E-state index in [-0.39, 0.29) is 17.9 Å². The molecule has 0 amide bonds. The molecule has 1 aromatic heterocycles. The van der Waals surface area contributed by atoms with Crippen molar-refractivity contribution in [2.75, 3.05) is 52.6 Å². The first-order valence-corrected chi connectivity index (χ1v) is 10.5. The molecule has 4 rings (SSSR count). The van der Waals surface area contributed by atoms with Gasteiger partial charge < -0.3 is 9.47 Å². The van der Waals surface area contributed by atoms with Gasteiger partial charge in [0.15, 0.2) is 5.78 Å². The first-order valence-electron chi connectivity index (χ1n) is 9.61. The Morgan fingerprint density at radius 2 is 1.48 bits per heavy atom. The number of ketones is 1. The van der Waals surface area contributed by atoms with Crippen LogP contribution >= 0.6 is 11.3 Å². The number of morpholine rings is 2. The van der Waals surface area contributed by atoms with Crippen molar-refractivity contribution in [1.82, 2.24) is 9.80 Å². The van der Waals surface area contributed by atoms with Crippen LogP contribution in [0.3, 0.4) is 0 Å². The van der Waals surface area contributed by atoms with Crippen molar-refractivity contribution < 1.29 is 14.3 Å². The summed E-state index contributed by atoms with van der Waals surface area (Å²) in [6.07, 6.45) is 0. The van der Waals surface area contributed by atoms with Crippen LogP contribution in [0.5, 0.6) is 0 Å². The molecule has 2 saturated heterocycles. The third-order valence-corrected chi connectivity index (χ3v) is 6.28. The minimum Gasteiger partial charge on any atom is -0.379 e. The van der Waals surface area contributed by atoms with E-state index >= 15 is 0 Å². The Balaban J connectivity index is 1.72. The third-order valence-electron chi connectivity index (χ3n) is 5.34. The molecule has 3 heterocycles. The zero-order valence-corrected chi connectivity index (χ0v) is 16.3. The normalized spacial score (nSPS) is 21.6. The van der Waals surface area contributed by atoms with Crippen molar-refractivity contribution in [2.24, 2.45) is 0 Å². The summed E-state index contributed by atoms with van der Waals surface area (Å²) >= 11 is 1.74. The molecule has 27 heavy (non-hydrogen) atoms. The van der Waals surface area contributed by atoms with E-state index in [1.54, 1.807) is 11.3 Å². The summed E-state index contributed by atoms with van der Waals surface area (Å²) in [5.41, 5.74) is 0.781. The Morgan fingerprint density at radius 3 is 2.07 bits per heavy atom. The van der Waals surface area contributed by atoms with Gasteiger partial charge in [-0.15, -0.1) is 11.3 Å². The van der Waals surface area contributed by atoms with Crippen molar-refractivity contribution in [3.8, 4) is 0 Å². The van der Waals surface area contributed by atoms with Crippen LogP contribution in [-0.4, -0.2) is 74.2 Å². The highest BCUT2D eigenvalue weighted by atomic mass is 32.1. The standard InChI is InChI=1S/C21H26N2O3S/c24-21(17-5-2-1-3-6-17)20(23-10-14-26-15-11-23)19(18-7-4-16-27-18)22-8-12-25-13-9-22/h1-7,16,19-20H,8-15H2/t19-,20+/m0/s1. The fourth-order valence-electron chi connectivity index (χ4n) is 3.99. The Kier molecular flexibility index (Phi) is 6.32. The van der Waals surface area contributed by atoms with E-state index in [4.69, 9.17) is 9.47 Å². The van der Waals surface area contributed by atoms with E-state index in [2.05, 4.69) is 27.3 Å². The lowest BCUT2D eigenvalue weighted by molar-refractivity contribution is -0.0294. The summed E-state index contributed by atoms with van der Waals surface area (Å²) in [5.74, 6) is 0.197. The van der Waals surface area contributed by atoms with Crippen LogP contribution in [0, 0.1) is 0 Å². The topological polar surface area (TPSA) is 42.0 Å². The Bertz CT molecular complexity index is 710. The summed E-state index contributed by atoms with van der Waals surface area (Å²) in [6, 6.07) is 13.8. The molecule has 2 aliphatic rings. The summed E-state index contributed by atoms with van der Waals surface area (Å²) in [6.45, 7) is 6.08. The number of Topliss-reactive ketones (excluding diaryl/α,β-unsaturated/α-hetero) is 1. The van der Waals surface area contributed by atoms with Crippen molar-refractivity contribution >= 4 is 17.1 Å². The zero-order valence-electron chi connectivity index (χ0n) is 15.5. The Morgan fingerprint density at radius 1 is 0.852 bits per heavy atom. The average Bonchev–Trinajstić information content (AvgIpc) is 3.28. The second kappa shape index (κ2) is 9.08. The molecular weight excluding hydrogens is 360 g/mol. The number of nitrogens with zero attached hydrogens (tertiary/aromatic N) is 2. The predicted octanol–water partition coefficient (Wildman–Crippen LogP) is 2.71. The van der Waals surface area contributed by atoms with Crippen molar-refractivity contribution in [3.63, 3.8) is 0 Å². The van der Waals surface area contributed by atoms with E-state index in [1.165, 1.54) is 4.88 Å². The summed E-state index contributed by atoms with van der Waals surface area (Å²) < 4.78 is 11.1. The highest BCUT2D eigenvalue weighted by molar-refractivity contribution is 7.10. The fraction of sp³-hybridized carbons (Fsp3) is 0.476. The molecule has 2 atom stereocenters. The highest BCUT2D eigenvalue weighted by Crippen LogP contribution is 2.34. The molecule has 0 N–H and O–H groups in total. The second-order valence-corrected chi connectivity index (χ2v) is 7.91. The summed E-state index contributed by atoms with van der Waals surface area (Å²) in [4.78, 5) is 19.7. The quantitative estimate of drug-likeness (QED) is 0.714. The molecule has 2 fully saturated rings. The summed E-state index contributed by atoms with van der Waals surface area (Å²) in [7, 11) is 0. The number of carbonyl (C=O) groups is 1. The maximum absolute atomic E-state index is 13.7. The van der Waals surface area contributed by atoms with E-state index in [1.807, 2.05) is 30.3 Å². The van der Waals surface area contributed by atoms with Crippen molar-refractivity contribution in [2.45, 2.75) is 12.1 Å². The molecule has 5 nitrogen and oxygen atoms in total. The van der Waals surface area contributed by atoms with E-state index in [9.17, 15) is 4.79 Å². The van der Waals surface area contributed by atoms with Crippen LogP contribution in [-0.2, 0) is 9.47 Å². The zero-order chi connectivity index (χ0) is 18.5. The molecular formula is C21H26N2O3S. The van der Waals surface area contributed by atoms with Crippen LogP contribution in [0.15, 0.2) is 47.8 Å². The van der Waals surface area contributed by atoms with Gasteiger partial charge in [0, 0.05) is 36.6 Å². The van der Waals surface area contributed by atoms with Gasteiger partial charge in [-0.25, -0.2) is 0 Å². The van der Waals surface area contributed by atoms with Crippen molar-refractivity contribution in [1.29, 1.82) is 0 Å². The minimum atomic E-state index is -0.215. The average molecular weight is 387 g/mol. The fourth-order valence-corrected chi connectivity index (χ4v) is 4.88. The molecule has 6 heteroatoms. The van der Waals surface area contributed by atoms with E-state index < -0.39 is 0 Å². The number of thiophene rings is 1. The van der Waals surface area contributed by atoms with Gasteiger partial charge in [-0.3, -0.25) is 14.6 Å². The molecule has 0 bridgehead atoms. The molecule has 144 valence electrons. The monoisotopic (exact) mass is 386 g/mol. The smallest absolute Gasteiger partial charge is 0.181 e. The number of hydrogen-bond acceptors (Lipinski definition) is 6. The maximum Gasteiger partial charge on any atom is 0.181 e. The van der Waals surface area contributed by atoms with Gasteiger partial charge in [-0.1, -0.05) is 36.4 Å². The van der Waals surface area contributed by atoms with E-state index in [0.29, 0.717) is 13.2 Å². The van der Waals surface area contributed by atoms with Crippen LogP contribution in [0.1, 0.15) is 21.3 Å². The first-order chi connectivity index (χ1) is 13.3. The highest BCUT2D eigenvalue weighted by Gasteiger charge is 2.40. The molecule has 2 aromatic rings. The minimum absolute atomic E-state index is 0.0414. The lowest BCUT2D eigenvalue weighted by atomic mass is 9.93. The molecule has 0 saturated carbocycles. The lowest BCUT2D eigenvalue weighted by Gasteiger charge is -2.43. The van der Waals surface area contributed by atoms with E-state index in [0.717, 1.165) is 45.0 Å². The predicted molar refractivity (Wildman–Crippen MR) is 106 cm³/mol. The Labute approximate surface area is 164 Å².